The van der Waals surface area contributed by atoms with Crippen molar-refractivity contribution in [2.24, 2.45) is 0 Å². The van der Waals surface area contributed by atoms with Gasteiger partial charge in [0.2, 0.25) is 0 Å². The van der Waals surface area contributed by atoms with Gasteiger partial charge in [-0.25, -0.2) is 4.98 Å². The number of hydrogen-bond donors (Lipinski definition) is 1. The molecule has 0 spiro atoms. The quantitative estimate of drug-likeness (QED) is 0.907. The van der Waals surface area contributed by atoms with Crippen LogP contribution in [0.5, 0.6) is 0 Å². The zero-order valence-electron chi connectivity index (χ0n) is 10.7. The summed E-state index contributed by atoms with van der Waals surface area (Å²) in [6.45, 7) is 3.07. The highest BCUT2D eigenvalue weighted by Crippen LogP contribution is 2.27. The minimum Gasteiger partial charge on any atom is -0.355 e. The van der Waals surface area contributed by atoms with Crippen molar-refractivity contribution in [3.8, 4) is 0 Å². The molecule has 1 aromatic rings. The van der Waals surface area contributed by atoms with Gasteiger partial charge in [0, 0.05) is 31.9 Å². The minimum absolute atomic E-state index is 0.727. The van der Waals surface area contributed by atoms with Gasteiger partial charge in [0.05, 0.1) is 5.02 Å². The number of nitrogens with zero attached hydrogens (tertiary/aromatic N) is 2. The molecule has 1 N–H and O–H groups in total. The molecule has 2 heterocycles. The fraction of sp³-hybridized carbons (Fsp3) is 0.643. The molecule has 3 rings (SSSR count). The molecule has 0 atom stereocenters. The third-order valence-electron chi connectivity index (χ3n) is 3.71. The van der Waals surface area contributed by atoms with E-state index in [1.54, 1.807) is 0 Å². The van der Waals surface area contributed by atoms with Gasteiger partial charge in [-0.3, -0.25) is 0 Å². The van der Waals surface area contributed by atoms with Gasteiger partial charge in [-0.05, 0) is 43.7 Å². The molecule has 0 amide bonds. The van der Waals surface area contributed by atoms with E-state index in [1.807, 2.05) is 6.20 Å². The molecule has 2 aliphatic rings. The van der Waals surface area contributed by atoms with Gasteiger partial charge in [0.15, 0.2) is 0 Å². The number of rotatable bonds is 4. The first-order chi connectivity index (χ1) is 8.83. The summed E-state index contributed by atoms with van der Waals surface area (Å²) in [6.07, 6.45) is 8.43. The summed E-state index contributed by atoms with van der Waals surface area (Å²) in [5.41, 5.74) is 1.19. The molecular formula is C14H20ClN3. The highest BCUT2D eigenvalue weighted by molar-refractivity contribution is 6.33. The second kappa shape index (κ2) is 5.45. The topological polar surface area (TPSA) is 28.2 Å². The van der Waals surface area contributed by atoms with Crippen LogP contribution < -0.4 is 10.2 Å². The second-order valence-corrected chi connectivity index (χ2v) is 5.76. The summed E-state index contributed by atoms with van der Waals surface area (Å²) in [7, 11) is 0. The number of anilines is 1. The van der Waals surface area contributed by atoms with E-state index in [0.717, 1.165) is 36.5 Å². The Bertz CT molecular complexity index is 412. The Labute approximate surface area is 114 Å². The average molecular weight is 266 g/mol. The van der Waals surface area contributed by atoms with E-state index in [1.165, 1.54) is 37.7 Å². The molecule has 1 saturated carbocycles. The van der Waals surface area contributed by atoms with E-state index in [-0.39, 0.29) is 0 Å². The fourth-order valence-electron chi connectivity index (χ4n) is 2.46. The maximum absolute atomic E-state index is 6.36. The van der Waals surface area contributed by atoms with E-state index in [2.05, 4.69) is 21.3 Å². The van der Waals surface area contributed by atoms with Crippen LogP contribution in [0.25, 0.3) is 0 Å². The largest absolute Gasteiger partial charge is 0.355 e. The Morgan fingerprint density at radius 2 is 2.06 bits per heavy atom. The lowest BCUT2D eigenvalue weighted by atomic mass is 10.1. The van der Waals surface area contributed by atoms with E-state index in [4.69, 9.17) is 11.6 Å². The van der Waals surface area contributed by atoms with Gasteiger partial charge in [0.25, 0.3) is 0 Å². The molecule has 0 radical (unpaired) electrons. The lowest BCUT2D eigenvalue weighted by Gasteiger charge is -2.28. The Morgan fingerprint density at radius 1 is 1.28 bits per heavy atom. The SMILES string of the molecule is Clc1cc(CNC2CC2)cnc1N1CCCCC1. The zero-order valence-corrected chi connectivity index (χ0v) is 11.4. The summed E-state index contributed by atoms with van der Waals surface area (Å²) in [4.78, 5) is 6.86. The summed E-state index contributed by atoms with van der Waals surface area (Å²) in [5, 5.41) is 4.29. The Kier molecular flexibility index (Phi) is 3.71. The smallest absolute Gasteiger partial charge is 0.147 e. The van der Waals surface area contributed by atoms with Crippen LogP contribution in [-0.4, -0.2) is 24.1 Å². The highest BCUT2D eigenvalue weighted by atomic mass is 35.5. The van der Waals surface area contributed by atoms with Crippen LogP contribution >= 0.6 is 11.6 Å². The number of nitrogens with one attached hydrogen (secondary N) is 1. The minimum atomic E-state index is 0.727. The normalized spacial score (nSPS) is 20.2. The van der Waals surface area contributed by atoms with Crippen molar-refractivity contribution >= 4 is 17.4 Å². The predicted octanol–water partition coefficient (Wildman–Crippen LogP) is 2.98. The summed E-state index contributed by atoms with van der Waals surface area (Å²) >= 11 is 6.36. The van der Waals surface area contributed by atoms with Crippen molar-refractivity contribution in [2.75, 3.05) is 18.0 Å². The standard InChI is InChI=1S/C14H20ClN3/c15-13-8-11(9-16-12-4-5-12)10-17-14(13)18-6-2-1-3-7-18/h8,10,12,16H,1-7,9H2. The molecule has 18 heavy (non-hydrogen) atoms. The van der Waals surface area contributed by atoms with Crippen LogP contribution in [0.1, 0.15) is 37.7 Å². The van der Waals surface area contributed by atoms with Crippen LogP contribution in [0, 0.1) is 0 Å². The van der Waals surface area contributed by atoms with Crippen molar-refractivity contribution < 1.29 is 0 Å². The maximum atomic E-state index is 6.36. The first-order valence-electron chi connectivity index (χ1n) is 6.96. The van der Waals surface area contributed by atoms with Crippen LogP contribution in [0.3, 0.4) is 0 Å². The van der Waals surface area contributed by atoms with Gasteiger partial charge in [-0.15, -0.1) is 0 Å². The van der Waals surface area contributed by atoms with Crippen molar-refractivity contribution in [3.05, 3.63) is 22.8 Å². The van der Waals surface area contributed by atoms with Gasteiger partial charge in [-0.2, -0.15) is 0 Å². The lowest BCUT2D eigenvalue weighted by Crippen LogP contribution is -2.30. The summed E-state index contributed by atoms with van der Waals surface area (Å²) in [5.74, 6) is 0.964. The van der Waals surface area contributed by atoms with E-state index >= 15 is 0 Å². The van der Waals surface area contributed by atoms with Crippen molar-refractivity contribution in [3.63, 3.8) is 0 Å². The molecule has 98 valence electrons. The lowest BCUT2D eigenvalue weighted by molar-refractivity contribution is 0.573. The monoisotopic (exact) mass is 265 g/mol. The number of pyridine rings is 1. The van der Waals surface area contributed by atoms with E-state index in [0.29, 0.717) is 0 Å². The van der Waals surface area contributed by atoms with Crippen LogP contribution in [0.2, 0.25) is 5.02 Å². The third kappa shape index (κ3) is 2.96. The van der Waals surface area contributed by atoms with Crippen LogP contribution in [0.4, 0.5) is 5.82 Å². The van der Waals surface area contributed by atoms with Gasteiger partial charge >= 0.3 is 0 Å². The molecule has 3 nitrogen and oxygen atoms in total. The molecule has 4 heteroatoms. The number of hydrogen-bond acceptors (Lipinski definition) is 3. The highest BCUT2D eigenvalue weighted by Gasteiger charge is 2.20. The average Bonchev–Trinajstić information content (AvgIpc) is 3.21. The molecule has 0 aromatic carbocycles. The Morgan fingerprint density at radius 3 is 2.72 bits per heavy atom. The number of aromatic nitrogens is 1. The molecule has 1 aromatic heterocycles. The summed E-state index contributed by atoms with van der Waals surface area (Å²) < 4.78 is 0. The number of halogens is 1. The molecule has 0 unspecified atom stereocenters. The summed E-state index contributed by atoms with van der Waals surface area (Å²) in [6, 6.07) is 2.79. The van der Waals surface area contributed by atoms with Crippen LogP contribution in [-0.2, 0) is 6.54 Å². The first-order valence-corrected chi connectivity index (χ1v) is 7.33. The first kappa shape index (κ1) is 12.2. The number of piperidine rings is 1. The van der Waals surface area contributed by atoms with Crippen LogP contribution in [0.15, 0.2) is 12.3 Å². The Balaban J connectivity index is 1.66. The Hall–Kier alpha value is -0.800. The molecule has 2 fully saturated rings. The molecular weight excluding hydrogens is 246 g/mol. The van der Waals surface area contributed by atoms with Gasteiger partial charge in [-0.1, -0.05) is 11.6 Å². The second-order valence-electron chi connectivity index (χ2n) is 5.35. The molecule has 0 bridgehead atoms. The predicted molar refractivity (Wildman–Crippen MR) is 75.2 cm³/mol. The zero-order chi connectivity index (χ0) is 12.4. The maximum Gasteiger partial charge on any atom is 0.147 e. The molecule has 1 saturated heterocycles. The van der Waals surface area contributed by atoms with Crippen molar-refractivity contribution in [2.45, 2.75) is 44.7 Å². The third-order valence-corrected chi connectivity index (χ3v) is 3.98. The van der Waals surface area contributed by atoms with E-state index < -0.39 is 0 Å². The fourth-order valence-corrected chi connectivity index (χ4v) is 2.76. The van der Waals surface area contributed by atoms with Crippen molar-refractivity contribution in [1.82, 2.24) is 10.3 Å². The van der Waals surface area contributed by atoms with E-state index in [9.17, 15) is 0 Å². The molecule has 1 aliphatic heterocycles. The van der Waals surface area contributed by atoms with Gasteiger partial charge < -0.3 is 10.2 Å². The molecule has 1 aliphatic carbocycles. The van der Waals surface area contributed by atoms with Crippen molar-refractivity contribution in [1.29, 1.82) is 0 Å². The van der Waals surface area contributed by atoms with Gasteiger partial charge in [0.1, 0.15) is 5.82 Å².